The summed E-state index contributed by atoms with van der Waals surface area (Å²) in [6.07, 6.45) is 8.04. The maximum absolute atomic E-state index is 8.41. The van der Waals surface area contributed by atoms with Crippen LogP contribution in [0.1, 0.15) is 32.1 Å². The monoisotopic (exact) mass is 144 g/mol. The lowest BCUT2D eigenvalue weighted by atomic mass is 10.1. The van der Waals surface area contributed by atoms with Gasteiger partial charge in [-0.25, -0.2) is 0 Å². The fraction of sp³-hybridized carbons (Fsp3) is 0.750. The highest BCUT2D eigenvalue weighted by molar-refractivity contribution is 4.70. The van der Waals surface area contributed by atoms with Crippen molar-refractivity contribution >= 4 is 0 Å². The van der Waals surface area contributed by atoms with Crippen molar-refractivity contribution in [1.29, 1.82) is 0 Å². The Labute approximate surface area is 62.2 Å². The third-order valence-corrected chi connectivity index (χ3v) is 1.38. The summed E-state index contributed by atoms with van der Waals surface area (Å²) in [6.45, 7) is 0.301. The molecule has 0 radical (unpaired) electrons. The van der Waals surface area contributed by atoms with Crippen molar-refractivity contribution in [3.8, 4) is 0 Å². The van der Waals surface area contributed by atoms with Crippen LogP contribution in [0, 0.1) is 0 Å². The summed E-state index contributed by atoms with van der Waals surface area (Å²) in [6, 6.07) is 0. The molecular formula is C8H16O2. The molecule has 0 aliphatic carbocycles. The van der Waals surface area contributed by atoms with Crippen molar-refractivity contribution in [2.24, 2.45) is 0 Å². The Bertz CT molecular complexity index is 79.3. The quantitative estimate of drug-likeness (QED) is 0.442. The fourth-order valence-electron chi connectivity index (χ4n) is 0.802. The smallest absolute Gasteiger partial charge is 0.0751 e. The molecule has 2 N–H and O–H groups in total. The number of allylic oxidation sites excluding steroid dienone is 1. The number of aliphatic hydroxyl groups is 2. The number of unbranched alkanes of at least 4 members (excludes halogenated alkanes) is 4. The van der Waals surface area contributed by atoms with Gasteiger partial charge in [-0.1, -0.05) is 18.9 Å². The van der Waals surface area contributed by atoms with E-state index in [0.717, 1.165) is 38.4 Å². The van der Waals surface area contributed by atoms with Crippen LogP contribution in [0.3, 0.4) is 0 Å². The van der Waals surface area contributed by atoms with Crippen molar-refractivity contribution in [2.75, 3.05) is 6.61 Å². The zero-order valence-electron chi connectivity index (χ0n) is 6.29. The zero-order chi connectivity index (χ0) is 7.66. The summed E-state index contributed by atoms with van der Waals surface area (Å²) in [5.74, 6) is 0. The van der Waals surface area contributed by atoms with Crippen LogP contribution < -0.4 is 0 Å². The molecule has 0 spiro atoms. The first kappa shape index (κ1) is 9.50. The summed E-state index contributed by atoms with van der Waals surface area (Å²) in [5.41, 5.74) is 0. The van der Waals surface area contributed by atoms with Gasteiger partial charge >= 0.3 is 0 Å². The van der Waals surface area contributed by atoms with Gasteiger partial charge in [-0.05, 0) is 19.3 Å². The molecule has 0 aromatic heterocycles. The molecule has 0 aliphatic heterocycles. The summed E-state index contributed by atoms with van der Waals surface area (Å²) in [4.78, 5) is 0. The van der Waals surface area contributed by atoms with Gasteiger partial charge < -0.3 is 10.2 Å². The lowest BCUT2D eigenvalue weighted by Gasteiger charge is -1.94. The molecule has 0 aromatic carbocycles. The Kier molecular flexibility index (Phi) is 8.07. The maximum atomic E-state index is 8.41. The van der Waals surface area contributed by atoms with Crippen molar-refractivity contribution < 1.29 is 10.2 Å². The van der Waals surface area contributed by atoms with Crippen molar-refractivity contribution in [3.63, 3.8) is 0 Å². The summed E-state index contributed by atoms with van der Waals surface area (Å²) < 4.78 is 0. The standard InChI is InChI=1S/C8H16O2/c9-7-5-3-1-2-4-6-8-10/h5,7,9-10H,1-4,6,8H2/b7-5+. The highest BCUT2D eigenvalue weighted by Gasteiger charge is 1.85. The molecule has 0 atom stereocenters. The molecule has 2 nitrogen and oxygen atoms in total. The van der Waals surface area contributed by atoms with E-state index in [4.69, 9.17) is 10.2 Å². The molecule has 10 heavy (non-hydrogen) atoms. The highest BCUT2D eigenvalue weighted by Crippen LogP contribution is 2.02. The molecule has 0 rings (SSSR count). The van der Waals surface area contributed by atoms with Crippen LogP contribution in [0.5, 0.6) is 0 Å². The van der Waals surface area contributed by atoms with E-state index < -0.39 is 0 Å². The lowest BCUT2D eigenvalue weighted by molar-refractivity contribution is 0.282. The number of rotatable bonds is 6. The first-order chi connectivity index (χ1) is 4.91. The number of aliphatic hydroxyl groups excluding tert-OH is 2. The topological polar surface area (TPSA) is 40.5 Å². The van der Waals surface area contributed by atoms with E-state index in [2.05, 4.69) is 0 Å². The number of hydrogen-bond acceptors (Lipinski definition) is 2. The van der Waals surface area contributed by atoms with E-state index in [0.29, 0.717) is 6.61 Å². The Morgan fingerprint density at radius 3 is 2.30 bits per heavy atom. The average molecular weight is 144 g/mol. The minimum atomic E-state index is 0.301. The summed E-state index contributed by atoms with van der Waals surface area (Å²) in [5, 5.41) is 16.7. The molecule has 60 valence electrons. The third kappa shape index (κ3) is 7.50. The molecule has 0 aliphatic rings. The largest absolute Gasteiger partial charge is 0.516 e. The Morgan fingerprint density at radius 2 is 1.70 bits per heavy atom. The molecule has 0 saturated carbocycles. The van der Waals surface area contributed by atoms with Crippen molar-refractivity contribution in [3.05, 3.63) is 12.3 Å². The molecule has 0 amide bonds. The van der Waals surface area contributed by atoms with Crippen molar-refractivity contribution in [2.45, 2.75) is 32.1 Å². The summed E-state index contributed by atoms with van der Waals surface area (Å²) >= 11 is 0. The van der Waals surface area contributed by atoms with Gasteiger partial charge in [0, 0.05) is 6.61 Å². The lowest BCUT2D eigenvalue weighted by Crippen LogP contribution is -1.82. The second-order valence-corrected chi connectivity index (χ2v) is 2.31. The second kappa shape index (κ2) is 8.50. The molecule has 0 aromatic rings. The van der Waals surface area contributed by atoms with Gasteiger partial charge in [0.05, 0.1) is 6.26 Å². The van der Waals surface area contributed by atoms with Gasteiger partial charge in [0.25, 0.3) is 0 Å². The van der Waals surface area contributed by atoms with Gasteiger partial charge in [-0.15, -0.1) is 0 Å². The highest BCUT2D eigenvalue weighted by atomic mass is 16.3. The van der Waals surface area contributed by atoms with Gasteiger partial charge in [-0.3, -0.25) is 0 Å². The van der Waals surface area contributed by atoms with E-state index in [-0.39, 0.29) is 0 Å². The SMILES string of the molecule is O/C=C/CCCCCCO. The van der Waals surface area contributed by atoms with Crippen LogP contribution in [0.4, 0.5) is 0 Å². The predicted molar refractivity (Wildman–Crippen MR) is 41.9 cm³/mol. The second-order valence-electron chi connectivity index (χ2n) is 2.31. The maximum Gasteiger partial charge on any atom is 0.0751 e. The molecule has 0 unspecified atom stereocenters. The van der Waals surface area contributed by atoms with E-state index >= 15 is 0 Å². The van der Waals surface area contributed by atoms with E-state index in [9.17, 15) is 0 Å². The summed E-state index contributed by atoms with van der Waals surface area (Å²) in [7, 11) is 0. The third-order valence-electron chi connectivity index (χ3n) is 1.38. The van der Waals surface area contributed by atoms with Crippen LogP contribution >= 0.6 is 0 Å². The van der Waals surface area contributed by atoms with E-state index in [1.54, 1.807) is 6.08 Å². The van der Waals surface area contributed by atoms with Crippen molar-refractivity contribution in [1.82, 2.24) is 0 Å². The average Bonchev–Trinajstić information content (AvgIpc) is 1.97. The molecule has 2 heteroatoms. The molecular weight excluding hydrogens is 128 g/mol. The van der Waals surface area contributed by atoms with Crippen LogP contribution in [-0.4, -0.2) is 16.8 Å². The van der Waals surface area contributed by atoms with Gasteiger partial charge in [0.15, 0.2) is 0 Å². The Hall–Kier alpha value is -0.500. The van der Waals surface area contributed by atoms with E-state index in [1.807, 2.05) is 0 Å². The molecule has 0 fully saturated rings. The van der Waals surface area contributed by atoms with E-state index in [1.165, 1.54) is 0 Å². The predicted octanol–water partition coefficient (Wildman–Crippen LogP) is 2.00. The Morgan fingerprint density at radius 1 is 1.00 bits per heavy atom. The Balaban J connectivity index is 2.77. The number of hydrogen-bond donors (Lipinski definition) is 2. The normalized spacial score (nSPS) is 10.9. The molecule has 0 saturated heterocycles. The molecule has 0 heterocycles. The van der Waals surface area contributed by atoms with Crippen LogP contribution in [0.25, 0.3) is 0 Å². The van der Waals surface area contributed by atoms with Gasteiger partial charge in [0.2, 0.25) is 0 Å². The first-order valence-corrected chi connectivity index (χ1v) is 3.82. The minimum Gasteiger partial charge on any atom is -0.516 e. The van der Waals surface area contributed by atoms with Gasteiger partial charge in [0.1, 0.15) is 0 Å². The van der Waals surface area contributed by atoms with Gasteiger partial charge in [-0.2, -0.15) is 0 Å². The fourth-order valence-corrected chi connectivity index (χ4v) is 0.802. The first-order valence-electron chi connectivity index (χ1n) is 3.82. The van der Waals surface area contributed by atoms with Crippen LogP contribution in [0.15, 0.2) is 12.3 Å². The minimum absolute atomic E-state index is 0.301. The van der Waals surface area contributed by atoms with Crippen LogP contribution in [0.2, 0.25) is 0 Å². The molecule has 0 bridgehead atoms. The zero-order valence-corrected chi connectivity index (χ0v) is 6.29. The van der Waals surface area contributed by atoms with Crippen LogP contribution in [-0.2, 0) is 0 Å².